The number of H-pyrrole nitrogens is 1. The molecule has 0 aliphatic heterocycles. The van der Waals surface area contributed by atoms with E-state index in [1.807, 2.05) is 84.9 Å². The van der Waals surface area contributed by atoms with Crippen LogP contribution in [0.15, 0.2) is 137 Å². The summed E-state index contributed by atoms with van der Waals surface area (Å²) < 4.78 is 54.6. The van der Waals surface area contributed by atoms with E-state index in [4.69, 9.17) is 9.47 Å². The zero-order chi connectivity index (χ0) is 36.5. The highest BCUT2D eigenvalue weighted by Crippen LogP contribution is 2.31. The number of halogens is 3. The van der Waals surface area contributed by atoms with Crippen molar-refractivity contribution in [3.05, 3.63) is 171 Å². The molecular formula is C42H35F3N2O5. The first kappa shape index (κ1) is 35.7. The van der Waals surface area contributed by atoms with Gasteiger partial charge in [0, 0.05) is 11.1 Å². The third kappa shape index (κ3) is 9.33. The number of hydrogen-bond donors (Lipinski definition) is 1. The molecule has 1 aromatic heterocycles. The van der Waals surface area contributed by atoms with Gasteiger partial charge >= 0.3 is 17.9 Å². The summed E-state index contributed by atoms with van der Waals surface area (Å²) in [6, 6.07) is 35.7. The van der Waals surface area contributed by atoms with Crippen molar-refractivity contribution >= 4 is 12.0 Å². The van der Waals surface area contributed by atoms with Gasteiger partial charge in [-0.15, -0.1) is 0 Å². The third-order valence-corrected chi connectivity index (χ3v) is 8.71. The number of carbonyl (C=O) groups excluding carboxylic acids is 1. The third-order valence-electron chi connectivity index (χ3n) is 8.71. The van der Waals surface area contributed by atoms with Gasteiger partial charge in [-0.3, -0.25) is 9.51 Å². The molecule has 0 fully saturated rings. The highest BCUT2D eigenvalue weighted by molar-refractivity contribution is 5.89. The van der Waals surface area contributed by atoms with E-state index in [1.54, 1.807) is 12.1 Å². The van der Waals surface area contributed by atoms with Gasteiger partial charge in [-0.2, -0.15) is 13.2 Å². The van der Waals surface area contributed by atoms with Crippen LogP contribution >= 0.6 is 0 Å². The molecule has 0 amide bonds. The molecule has 5 aromatic carbocycles. The molecule has 0 aliphatic rings. The minimum Gasteiger partial charge on any atom is -0.488 e. The van der Waals surface area contributed by atoms with E-state index in [0.717, 1.165) is 64.8 Å². The predicted molar refractivity (Wildman–Crippen MR) is 193 cm³/mol. The fourth-order valence-corrected chi connectivity index (χ4v) is 5.80. The van der Waals surface area contributed by atoms with E-state index >= 15 is 0 Å². The van der Waals surface area contributed by atoms with Crippen LogP contribution in [0.5, 0.6) is 5.75 Å². The minimum atomic E-state index is -4.37. The first-order valence-corrected chi connectivity index (χ1v) is 16.6. The summed E-state index contributed by atoms with van der Waals surface area (Å²) in [5.41, 5.74) is 6.13. The monoisotopic (exact) mass is 704 g/mol. The van der Waals surface area contributed by atoms with Crippen LogP contribution in [0.3, 0.4) is 0 Å². The molecule has 0 aliphatic carbocycles. The van der Waals surface area contributed by atoms with E-state index in [0.29, 0.717) is 29.3 Å². The van der Waals surface area contributed by atoms with Crippen molar-refractivity contribution in [1.82, 2.24) is 10.1 Å². The van der Waals surface area contributed by atoms with Gasteiger partial charge in [0.1, 0.15) is 12.4 Å². The zero-order valence-electron chi connectivity index (χ0n) is 28.2. The molecule has 0 bridgehead atoms. The molecule has 0 saturated heterocycles. The largest absolute Gasteiger partial charge is 0.488 e. The second kappa shape index (κ2) is 16.2. The fourth-order valence-electron chi connectivity index (χ4n) is 5.80. The van der Waals surface area contributed by atoms with Crippen LogP contribution in [-0.2, 0) is 30.4 Å². The summed E-state index contributed by atoms with van der Waals surface area (Å²) in [4.78, 5) is 25.9. The van der Waals surface area contributed by atoms with Crippen molar-refractivity contribution < 1.29 is 32.0 Å². The number of nitrogens with one attached hydrogen (secondary N) is 1. The Morgan fingerprint density at radius 3 is 2.06 bits per heavy atom. The van der Waals surface area contributed by atoms with Gasteiger partial charge in [-0.05, 0) is 83.3 Å². The maximum absolute atomic E-state index is 13.0. The molecule has 264 valence electrons. The standard InChI is InChI=1S/C42H35F3N2O5/c1-50-40(48)36-20-11-30(12-21-36)26-29(7-6-28-8-18-35(19-9-28)39-46-41(49)52-47-39)10-17-34-4-2-3-5-38(34)51-27-31-13-15-32(16-14-31)33-22-24-37(25-23-33)42(43,44)45/h2-5,8-25,29H,6-7,26-27H2,1H3,(H,46,47,49). The molecule has 1 heterocycles. The Morgan fingerprint density at radius 2 is 1.42 bits per heavy atom. The zero-order valence-corrected chi connectivity index (χ0v) is 28.2. The SMILES string of the molecule is COC(=O)c1ccc(CC(C=Cc2ccccc2OCc2ccc(-c3ccc(C(F)(F)F)cc3)cc2)CCc2ccc(-c3noc(=O)[nH]3)cc2)cc1. The number of aromatic nitrogens is 2. The van der Waals surface area contributed by atoms with Crippen LogP contribution < -0.4 is 10.5 Å². The molecule has 0 spiro atoms. The van der Waals surface area contributed by atoms with Gasteiger partial charge in [0.05, 0.1) is 18.2 Å². The van der Waals surface area contributed by atoms with E-state index < -0.39 is 17.5 Å². The van der Waals surface area contributed by atoms with Crippen LogP contribution in [-0.4, -0.2) is 23.2 Å². The van der Waals surface area contributed by atoms with Crippen LogP contribution in [0.2, 0.25) is 0 Å². The molecule has 1 N–H and O–H groups in total. The molecule has 6 rings (SSSR count). The molecule has 10 heteroatoms. The number of methoxy groups -OCH3 is 1. The number of para-hydroxylation sites is 1. The lowest BCUT2D eigenvalue weighted by Gasteiger charge is -2.15. The topological polar surface area (TPSA) is 94.4 Å². The highest BCUT2D eigenvalue weighted by Gasteiger charge is 2.30. The molecule has 0 saturated carbocycles. The Kier molecular flexibility index (Phi) is 11.1. The normalized spacial score (nSPS) is 12.2. The minimum absolute atomic E-state index is 0.140. The van der Waals surface area contributed by atoms with Crippen molar-refractivity contribution in [2.75, 3.05) is 7.11 Å². The van der Waals surface area contributed by atoms with E-state index in [2.05, 4.69) is 26.8 Å². The number of allylic oxidation sites excluding steroid dienone is 1. The second-order valence-electron chi connectivity index (χ2n) is 12.3. The van der Waals surface area contributed by atoms with Crippen molar-refractivity contribution in [2.45, 2.75) is 32.0 Å². The average molecular weight is 705 g/mol. The maximum atomic E-state index is 13.0. The number of aromatic amines is 1. The highest BCUT2D eigenvalue weighted by atomic mass is 19.4. The van der Waals surface area contributed by atoms with Crippen molar-refractivity contribution in [1.29, 1.82) is 0 Å². The van der Waals surface area contributed by atoms with Crippen molar-refractivity contribution in [3.8, 4) is 28.3 Å². The number of benzene rings is 5. The lowest BCUT2D eigenvalue weighted by molar-refractivity contribution is -0.137. The molecule has 52 heavy (non-hydrogen) atoms. The molecular weight excluding hydrogens is 669 g/mol. The van der Waals surface area contributed by atoms with Gasteiger partial charge in [-0.25, -0.2) is 9.59 Å². The summed E-state index contributed by atoms with van der Waals surface area (Å²) in [7, 11) is 1.36. The quantitative estimate of drug-likeness (QED) is 0.120. The van der Waals surface area contributed by atoms with Gasteiger partial charge in [-0.1, -0.05) is 108 Å². The Labute approximate surface area is 298 Å². The van der Waals surface area contributed by atoms with Gasteiger partial charge in [0.15, 0.2) is 5.82 Å². The first-order chi connectivity index (χ1) is 25.1. The smallest absolute Gasteiger partial charge is 0.439 e. The second-order valence-corrected chi connectivity index (χ2v) is 12.3. The van der Waals surface area contributed by atoms with Gasteiger partial charge in [0.2, 0.25) is 0 Å². The number of aryl methyl sites for hydroxylation is 1. The number of rotatable bonds is 13. The van der Waals surface area contributed by atoms with E-state index in [1.165, 1.54) is 19.2 Å². The lowest BCUT2D eigenvalue weighted by atomic mass is 9.91. The first-order valence-electron chi connectivity index (χ1n) is 16.6. The number of ether oxygens (including phenoxy) is 2. The van der Waals surface area contributed by atoms with Crippen LogP contribution in [0.1, 0.15) is 44.6 Å². The Balaban J connectivity index is 1.14. The summed E-state index contributed by atoms with van der Waals surface area (Å²) in [5, 5.41) is 3.75. The van der Waals surface area contributed by atoms with Crippen molar-refractivity contribution in [3.63, 3.8) is 0 Å². The Hall–Kier alpha value is -6.16. The molecule has 6 aromatic rings. The van der Waals surface area contributed by atoms with E-state index in [-0.39, 0.29) is 11.9 Å². The summed E-state index contributed by atoms with van der Waals surface area (Å²) in [6.07, 6.45) is 2.26. The van der Waals surface area contributed by atoms with Gasteiger partial charge < -0.3 is 9.47 Å². The number of hydrogen-bond acceptors (Lipinski definition) is 6. The maximum Gasteiger partial charge on any atom is 0.439 e. The average Bonchev–Trinajstić information content (AvgIpc) is 3.61. The van der Waals surface area contributed by atoms with Crippen LogP contribution in [0.25, 0.3) is 28.6 Å². The van der Waals surface area contributed by atoms with Gasteiger partial charge in [0.25, 0.3) is 0 Å². The molecule has 7 nitrogen and oxygen atoms in total. The number of esters is 1. The Bertz CT molecular complexity index is 2170. The molecule has 0 radical (unpaired) electrons. The van der Waals surface area contributed by atoms with Crippen molar-refractivity contribution in [2.24, 2.45) is 5.92 Å². The summed E-state index contributed by atoms with van der Waals surface area (Å²) in [5.74, 6) is 0.250. The van der Waals surface area contributed by atoms with Crippen LogP contribution in [0.4, 0.5) is 13.2 Å². The summed E-state index contributed by atoms with van der Waals surface area (Å²) >= 11 is 0. The summed E-state index contributed by atoms with van der Waals surface area (Å²) in [6.45, 7) is 0.312. The number of nitrogens with zero attached hydrogens (tertiary/aromatic N) is 1. The van der Waals surface area contributed by atoms with Crippen LogP contribution in [0, 0.1) is 5.92 Å². The van der Waals surface area contributed by atoms with E-state index in [9.17, 15) is 22.8 Å². The molecule has 1 unspecified atom stereocenters. The number of alkyl halides is 3. The predicted octanol–water partition coefficient (Wildman–Crippen LogP) is 9.59. The Morgan fingerprint density at radius 1 is 0.808 bits per heavy atom. The fraction of sp³-hybridized carbons (Fsp3) is 0.167. The number of carbonyl (C=O) groups is 1. The molecule has 1 atom stereocenters. The lowest BCUT2D eigenvalue weighted by Crippen LogP contribution is -2.05.